The van der Waals surface area contributed by atoms with E-state index in [0.717, 1.165) is 50.4 Å². The number of imidazole rings is 1. The van der Waals surface area contributed by atoms with Crippen molar-refractivity contribution in [2.75, 3.05) is 63.3 Å². The predicted molar refractivity (Wildman–Crippen MR) is 182 cm³/mol. The number of aliphatic carboxylic acids is 1. The molecule has 0 radical (unpaired) electrons. The molecule has 2 saturated carbocycles. The summed E-state index contributed by atoms with van der Waals surface area (Å²) in [4.78, 5) is 43.8. The maximum atomic E-state index is 14.0. The normalized spacial score (nSPS) is 19.5. The molecule has 2 N–H and O–H groups in total. The highest BCUT2D eigenvalue weighted by Gasteiger charge is 2.39. The zero-order valence-corrected chi connectivity index (χ0v) is 28.5. The van der Waals surface area contributed by atoms with Gasteiger partial charge in [-0.25, -0.2) is 24.9 Å². The summed E-state index contributed by atoms with van der Waals surface area (Å²) in [5, 5.41) is 9.06. The topological polar surface area (TPSA) is 136 Å². The molecule has 12 nitrogen and oxygen atoms in total. The van der Waals surface area contributed by atoms with E-state index < -0.39 is 17.8 Å². The van der Waals surface area contributed by atoms with E-state index in [9.17, 15) is 18.0 Å². The largest absolute Gasteiger partial charge is 0.481 e. The Hall–Kier alpha value is -4.37. The molecule has 50 heavy (non-hydrogen) atoms. The number of hydrogen-bond donors (Lipinski definition) is 2. The van der Waals surface area contributed by atoms with Crippen molar-refractivity contribution >= 4 is 28.6 Å². The molecule has 3 fully saturated rings. The number of halogens is 3. The van der Waals surface area contributed by atoms with Crippen LogP contribution < -0.4 is 9.80 Å². The first kappa shape index (κ1) is 34.1. The molecule has 0 bridgehead atoms. The minimum Gasteiger partial charge on any atom is -0.481 e. The lowest BCUT2D eigenvalue weighted by molar-refractivity contribution is -0.141. The molecule has 1 atom stereocenters. The molecule has 0 spiro atoms. The number of carboxylic acid groups (broad SMARTS) is 1. The highest BCUT2D eigenvalue weighted by molar-refractivity contribution is 5.91. The summed E-state index contributed by atoms with van der Waals surface area (Å²) < 4.78 is 47.5. The third kappa shape index (κ3) is 7.11. The van der Waals surface area contributed by atoms with Gasteiger partial charge in [0.15, 0.2) is 11.5 Å². The van der Waals surface area contributed by atoms with E-state index in [0.29, 0.717) is 78.2 Å². The van der Waals surface area contributed by atoms with Crippen LogP contribution in [0.15, 0.2) is 30.6 Å². The van der Waals surface area contributed by atoms with Crippen molar-refractivity contribution in [3.05, 3.63) is 42.0 Å². The number of nitrogens with one attached hydrogen (secondary N) is 1. The minimum atomic E-state index is -4.59. The van der Waals surface area contributed by atoms with Crippen LogP contribution in [0.25, 0.3) is 33.9 Å². The van der Waals surface area contributed by atoms with Crippen LogP contribution in [0.1, 0.15) is 62.8 Å². The second kappa shape index (κ2) is 13.4. The zero-order valence-electron chi connectivity index (χ0n) is 28.5. The number of aromatic amines is 1. The van der Waals surface area contributed by atoms with Gasteiger partial charge in [-0.15, -0.1) is 0 Å². The van der Waals surface area contributed by atoms with Crippen LogP contribution in [0.4, 0.5) is 24.7 Å². The maximum absolute atomic E-state index is 14.0. The van der Waals surface area contributed by atoms with Crippen molar-refractivity contribution in [1.82, 2.24) is 34.8 Å². The van der Waals surface area contributed by atoms with E-state index >= 15 is 0 Å². The monoisotopic (exact) mass is 693 g/mol. The van der Waals surface area contributed by atoms with E-state index in [4.69, 9.17) is 24.8 Å². The summed E-state index contributed by atoms with van der Waals surface area (Å²) in [6, 6.07) is 4.80. The van der Waals surface area contributed by atoms with Gasteiger partial charge in [-0.2, -0.15) is 13.2 Å². The Morgan fingerprint density at radius 2 is 1.90 bits per heavy atom. The van der Waals surface area contributed by atoms with Gasteiger partial charge in [0.05, 0.1) is 36.8 Å². The van der Waals surface area contributed by atoms with Crippen LogP contribution in [0.5, 0.6) is 0 Å². The first-order valence-electron chi connectivity index (χ1n) is 17.1. The fourth-order valence-corrected chi connectivity index (χ4v) is 7.28. The molecule has 3 aliphatic rings. The molecule has 1 saturated heterocycles. The average Bonchev–Trinajstić information content (AvgIpc) is 3.84. The van der Waals surface area contributed by atoms with Gasteiger partial charge in [0.25, 0.3) is 0 Å². The number of methoxy groups -OCH3 is 1. The minimum absolute atomic E-state index is 0.0120. The van der Waals surface area contributed by atoms with E-state index in [1.165, 1.54) is 0 Å². The van der Waals surface area contributed by atoms with Crippen LogP contribution in [0, 0.1) is 5.41 Å². The van der Waals surface area contributed by atoms with E-state index in [1.807, 2.05) is 13.1 Å². The number of piperazine rings is 1. The molecule has 5 heterocycles. The summed E-state index contributed by atoms with van der Waals surface area (Å²) >= 11 is 0. The molecule has 0 amide bonds. The molecule has 266 valence electrons. The second-order valence-corrected chi connectivity index (χ2v) is 14.1. The smallest absolute Gasteiger partial charge is 0.433 e. The summed E-state index contributed by atoms with van der Waals surface area (Å²) in [6.45, 7) is 6.01. The lowest BCUT2D eigenvalue weighted by Gasteiger charge is -2.44. The van der Waals surface area contributed by atoms with Crippen LogP contribution in [0.3, 0.4) is 0 Å². The van der Waals surface area contributed by atoms with Crippen LogP contribution in [0.2, 0.25) is 0 Å². The molecular formula is C35H42F3N9O3. The number of alkyl halides is 3. The molecule has 15 heteroatoms. The van der Waals surface area contributed by atoms with Crippen LogP contribution >= 0.6 is 0 Å². The number of carboxylic acids is 1. The van der Waals surface area contributed by atoms with Gasteiger partial charge in [0.1, 0.15) is 22.7 Å². The SMILES string of the molecule is COCC1(CN(C)c2cc(-c3cc(C4CC4)nc(C(F)(F)F)c3)nc3nc(-c4cnc(N5CCN(CCC(=O)O)[C@H](C)C5)cn4)[nH]c23)CCC1. The Bertz CT molecular complexity index is 1860. The van der Waals surface area contributed by atoms with Gasteiger partial charge >= 0.3 is 12.1 Å². The summed E-state index contributed by atoms with van der Waals surface area (Å²) in [6.07, 6.45) is 3.70. The van der Waals surface area contributed by atoms with Crippen molar-refractivity contribution in [3.8, 4) is 22.8 Å². The first-order valence-corrected chi connectivity index (χ1v) is 17.1. The quantitative estimate of drug-likeness (QED) is 0.192. The van der Waals surface area contributed by atoms with Gasteiger partial charge in [-0.05, 0) is 50.8 Å². The van der Waals surface area contributed by atoms with Crippen molar-refractivity contribution < 1.29 is 27.8 Å². The summed E-state index contributed by atoms with van der Waals surface area (Å²) in [5.74, 6) is 0.381. The first-order chi connectivity index (χ1) is 23.9. The Morgan fingerprint density at radius 1 is 1.10 bits per heavy atom. The zero-order chi connectivity index (χ0) is 35.2. The van der Waals surface area contributed by atoms with Gasteiger partial charge in [-0.3, -0.25) is 9.69 Å². The number of carbonyl (C=O) groups is 1. The molecule has 2 aliphatic carbocycles. The Morgan fingerprint density at radius 3 is 2.52 bits per heavy atom. The number of H-pyrrole nitrogens is 1. The molecular weight excluding hydrogens is 651 g/mol. The van der Waals surface area contributed by atoms with E-state index in [2.05, 4.69) is 36.6 Å². The predicted octanol–water partition coefficient (Wildman–Crippen LogP) is 5.61. The van der Waals surface area contributed by atoms with Gasteiger partial charge < -0.3 is 24.6 Å². The number of rotatable bonds is 12. The molecule has 1 aliphatic heterocycles. The highest BCUT2D eigenvalue weighted by Crippen LogP contribution is 2.44. The van der Waals surface area contributed by atoms with Crippen molar-refractivity contribution in [2.24, 2.45) is 5.41 Å². The van der Waals surface area contributed by atoms with Gasteiger partial charge in [0.2, 0.25) is 0 Å². The van der Waals surface area contributed by atoms with E-state index in [-0.39, 0.29) is 23.8 Å². The Labute approximate surface area is 288 Å². The molecule has 4 aromatic heterocycles. The van der Waals surface area contributed by atoms with Crippen molar-refractivity contribution in [2.45, 2.75) is 63.6 Å². The molecule has 7 rings (SSSR count). The number of nitrogens with zero attached hydrogens (tertiary/aromatic N) is 8. The maximum Gasteiger partial charge on any atom is 0.433 e. The highest BCUT2D eigenvalue weighted by atomic mass is 19.4. The molecule has 0 aromatic carbocycles. The van der Waals surface area contributed by atoms with Gasteiger partial charge in [0, 0.05) is 75.5 Å². The van der Waals surface area contributed by atoms with Crippen molar-refractivity contribution in [1.29, 1.82) is 0 Å². The summed E-state index contributed by atoms with van der Waals surface area (Å²) in [5.41, 5.74) is 2.54. The Kier molecular flexibility index (Phi) is 9.14. The standard InChI is InChI=1S/C35H42F3N9O3/c1-21-18-47(12-11-46(21)10-7-30(48)49)29-17-39-26(16-40-29)32-43-31-27(45(2)19-34(20-50-3)8-4-9-34)15-25(42-33(31)44-32)23-13-24(22-5-6-22)41-28(14-23)35(36,37)38/h13-17,21-22H,4-12,18-20H2,1-3H3,(H,48,49)(H,42,43,44)/t21-/m1/s1. The number of pyridine rings is 2. The third-order valence-electron chi connectivity index (χ3n) is 10.3. The van der Waals surface area contributed by atoms with Crippen LogP contribution in [-0.4, -0.2) is 105 Å². The third-order valence-corrected chi connectivity index (χ3v) is 10.3. The van der Waals surface area contributed by atoms with Crippen LogP contribution in [-0.2, 0) is 15.7 Å². The molecule has 4 aromatic rings. The fraction of sp³-hybridized carbons (Fsp3) is 0.543. The lowest BCUT2D eigenvalue weighted by Crippen LogP contribution is -2.52. The number of anilines is 2. The van der Waals surface area contributed by atoms with E-state index in [1.54, 1.807) is 25.6 Å². The molecule has 0 unspecified atom stereocenters. The number of aromatic nitrogens is 6. The number of ether oxygens (including phenoxy) is 1. The average molecular weight is 694 g/mol. The number of hydrogen-bond acceptors (Lipinski definition) is 10. The van der Waals surface area contributed by atoms with Crippen molar-refractivity contribution in [3.63, 3.8) is 0 Å². The lowest BCUT2D eigenvalue weighted by atomic mass is 9.69. The fourth-order valence-electron chi connectivity index (χ4n) is 7.28. The second-order valence-electron chi connectivity index (χ2n) is 14.1. The summed E-state index contributed by atoms with van der Waals surface area (Å²) in [7, 11) is 3.69. The number of fused-ring (bicyclic) bond motifs is 1. The van der Waals surface area contributed by atoms with Gasteiger partial charge in [-0.1, -0.05) is 6.42 Å². The Balaban J connectivity index is 1.22.